The summed E-state index contributed by atoms with van der Waals surface area (Å²) in [5.74, 6) is 1.30. The molecule has 1 amide bonds. The molecule has 0 aliphatic carbocycles. The Morgan fingerprint density at radius 3 is 2.29 bits per heavy atom. The van der Waals surface area contributed by atoms with Gasteiger partial charge in [-0.15, -0.1) is 0 Å². The average molecular weight is 295 g/mol. The van der Waals surface area contributed by atoms with Gasteiger partial charge in [0.2, 0.25) is 0 Å². The van der Waals surface area contributed by atoms with Crippen LogP contribution in [0.3, 0.4) is 0 Å². The van der Waals surface area contributed by atoms with E-state index in [1.165, 1.54) is 0 Å². The maximum Gasteiger partial charge on any atom is 0.408 e. The molecule has 0 heterocycles. The molecule has 1 aromatic carbocycles. The van der Waals surface area contributed by atoms with Crippen LogP contribution < -0.4 is 14.8 Å². The number of alkyl carbamates (subject to hydrolysis) is 1. The lowest BCUT2D eigenvalue weighted by atomic mass is 10.0. The molecule has 21 heavy (non-hydrogen) atoms. The first-order valence-corrected chi connectivity index (χ1v) is 7.02. The molecule has 0 unspecified atom stereocenters. The number of methoxy groups -OCH3 is 2. The van der Waals surface area contributed by atoms with E-state index in [4.69, 9.17) is 14.2 Å². The molecule has 0 spiro atoms. The molecule has 0 saturated carbocycles. The SMILES string of the molecule is CC[C@H](NC(=O)OC(C)(C)C)c1ccc(OC)c(OC)c1. The summed E-state index contributed by atoms with van der Waals surface area (Å²) >= 11 is 0. The van der Waals surface area contributed by atoms with Gasteiger partial charge in [-0.2, -0.15) is 0 Å². The number of amides is 1. The highest BCUT2D eigenvalue weighted by atomic mass is 16.6. The normalized spacial score (nSPS) is 12.5. The summed E-state index contributed by atoms with van der Waals surface area (Å²) in [5.41, 5.74) is 0.431. The van der Waals surface area contributed by atoms with Gasteiger partial charge in [0.1, 0.15) is 5.60 Å². The minimum absolute atomic E-state index is 0.139. The van der Waals surface area contributed by atoms with Gasteiger partial charge < -0.3 is 19.5 Å². The highest BCUT2D eigenvalue weighted by molar-refractivity contribution is 5.68. The minimum Gasteiger partial charge on any atom is -0.493 e. The summed E-state index contributed by atoms with van der Waals surface area (Å²) in [6.07, 6.45) is 0.318. The first-order valence-electron chi connectivity index (χ1n) is 7.02. The highest BCUT2D eigenvalue weighted by Crippen LogP contribution is 2.30. The van der Waals surface area contributed by atoms with Crippen molar-refractivity contribution in [2.24, 2.45) is 0 Å². The van der Waals surface area contributed by atoms with Crippen LogP contribution in [0.15, 0.2) is 18.2 Å². The van der Waals surface area contributed by atoms with Gasteiger partial charge in [-0.1, -0.05) is 13.0 Å². The first kappa shape index (κ1) is 17.1. The van der Waals surface area contributed by atoms with E-state index in [2.05, 4.69) is 5.32 Å². The molecule has 0 fully saturated rings. The van der Waals surface area contributed by atoms with Crippen LogP contribution in [0.4, 0.5) is 4.79 Å². The Balaban J connectivity index is 2.87. The highest BCUT2D eigenvalue weighted by Gasteiger charge is 2.20. The summed E-state index contributed by atoms with van der Waals surface area (Å²) in [5, 5.41) is 2.87. The van der Waals surface area contributed by atoms with Crippen molar-refractivity contribution in [3.8, 4) is 11.5 Å². The molecule has 1 N–H and O–H groups in total. The van der Waals surface area contributed by atoms with E-state index < -0.39 is 11.7 Å². The van der Waals surface area contributed by atoms with Gasteiger partial charge >= 0.3 is 6.09 Å². The Kier molecular flexibility index (Phi) is 5.88. The number of hydrogen-bond acceptors (Lipinski definition) is 4. The van der Waals surface area contributed by atoms with Crippen molar-refractivity contribution in [1.82, 2.24) is 5.32 Å². The van der Waals surface area contributed by atoms with Crippen molar-refractivity contribution >= 4 is 6.09 Å². The second-order valence-electron chi connectivity index (χ2n) is 5.72. The molecule has 0 bridgehead atoms. The second-order valence-corrected chi connectivity index (χ2v) is 5.72. The molecule has 5 nitrogen and oxygen atoms in total. The molecule has 0 radical (unpaired) electrons. The van der Waals surface area contributed by atoms with E-state index in [1.807, 2.05) is 45.9 Å². The number of nitrogens with one attached hydrogen (secondary N) is 1. The zero-order valence-corrected chi connectivity index (χ0v) is 13.6. The van der Waals surface area contributed by atoms with Gasteiger partial charge in [-0.05, 0) is 44.9 Å². The molecule has 1 atom stereocenters. The number of carbonyl (C=O) groups is 1. The minimum atomic E-state index is -0.514. The Hall–Kier alpha value is -1.91. The average Bonchev–Trinajstić information content (AvgIpc) is 2.42. The molecule has 118 valence electrons. The third-order valence-electron chi connectivity index (χ3n) is 2.91. The van der Waals surface area contributed by atoms with Crippen LogP contribution in [0.5, 0.6) is 11.5 Å². The van der Waals surface area contributed by atoms with Crippen LogP contribution in [0.2, 0.25) is 0 Å². The predicted octanol–water partition coefficient (Wildman–Crippen LogP) is 3.68. The summed E-state index contributed by atoms with van der Waals surface area (Å²) in [6, 6.07) is 5.46. The number of carbonyl (C=O) groups excluding carboxylic acids is 1. The predicted molar refractivity (Wildman–Crippen MR) is 81.9 cm³/mol. The standard InChI is InChI=1S/C16H25NO4/c1-7-12(17-15(18)21-16(2,3)4)11-8-9-13(19-5)14(10-11)20-6/h8-10,12H,7H2,1-6H3,(H,17,18)/t12-/m0/s1. The van der Waals surface area contributed by atoms with E-state index in [9.17, 15) is 4.79 Å². The molecule has 0 aliphatic rings. The Morgan fingerprint density at radius 2 is 1.81 bits per heavy atom. The zero-order chi connectivity index (χ0) is 16.0. The van der Waals surface area contributed by atoms with Crippen LogP contribution in [0.1, 0.15) is 45.7 Å². The monoisotopic (exact) mass is 295 g/mol. The van der Waals surface area contributed by atoms with E-state index >= 15 is 0 Å². The maximum atomic E-state index is 11.9. The van der Waals surface area contributed by atoms with Gasteiger partial charge in [0.05, 0.1) is 20.3 Å². The van der Waals surface area contributed by atoms with Crippen LogP contribution in [-0.4, -0.2) is 25.9 Å². The van der Waals surface area contributed by atoms with Crippen LogP contribution in [-0.2, 0) is 4.74 Å². The van der Waals surface area contributed by atoms with Gasteiger partial charge in [0, 0.05) is 0 Å². The molecular weight excluding hydrogens is 270 g/mol. The summed E-state index contributed by atoms with van der Waals surface area (Å²) in [4.78, 5) is 11.9. The van der Waals surface area contributed by atoms with Crippen molar-refractivity contribution in [1.29, 1.82) is 0 Å². The van der Waals surface area contributed by atoms with Crippen LogP contribution >= 0.6 is 0 Å². The molecule has 0 saturated heterocycles. The zero-order valence-electron chi connectivity index (χ0n) is 13.6. The second kappa shape index (κ2) is 7.20. The fourth-order valence-electron chi connectivity index (χ4n) is 1.94. The first-order chi connectivity index (χ1) is 9.80. The van der Waals surface area contributed by atoms with E-state index in [0.29, 0.717) is 11.5 Å². The largest absolute Gasteiger partial charge is 0.493 e. The molecule has 0 aliphatic heterocycles. The van der Waals surface area contributed by atoms with Crippen molar-refractivity contribution in [2.45, 2.75) is 45.8 Å². The summed E-state index contributed by atoms with van der Waals surface area (Å²) < 4.78 is 15.8. The topological polar surface area (TPSA) is 56.8 Å². The maximum absolute atomic E-state index is 11.9. The molecule has 5 heteroatoms. The lowest BCUT2D eigenvalue weighted by Gasteiger charge is -2.23. The van der Waals surface area contributed by atoms with Crippen LogP contribution in [0, 0.1) is 0 Å². The molecule has 1 rings (SSSR count). The Morgan fingerprint density at radius 1 is 1.19 bits per heavy atom. The van der Waals surface area contributed by atoms with Gasteiger partial charge in [0.15, 0.2) is 11.5 Å². The Labute approximate surface area is 126 Å². The van der Waals surface area contributed by atoms with Gasteiger partial charge in [-0.3, -0.25) is 0 Å². The fourth-order valence-corrected chi connectivity index (χ4v) is 1.94. The number of hydrogen-bond donors (Lipinski definition) is 1. The molecule has 1 aromatic rings. The van der Waals surface area contributed by atoms with Crippen molar-refractivity contribution in [3.63, 3.8) is 0 Å². The van der Waals surface area contributed by atoms with Crippen LogP contribution in [0.25, 0.3) is 0 Å². The number of rotatable bonds is 5. The lowest BCUT2D eigenvalue weighted by molar-refractivity contribution is 0.0502. The molecular formula is C16H25NO4. The quantitative estimate of drug-likeness (QED) is 0.900. The molecule has 0 aromatic heterocycles. The van der Waals surface area contributed by atoms with E-state index in [1.54, 1.807) is 14.2 Å². The summed E-state index contributed by atoms with van der Waals surface area (Å²) in [6.45, 7) is 7.51. The number of benzene rings is 1. The van der Waals surface area contributed by atoms with Gasteiger partial charge in [0.25, 0.3) is 0 Å². The fraction of sp³-hybridized carbons (Fsp3) is 0.562. The summed E-state index contributed by atoms with van der Waals surface area (Å²) in [7, 11) is 3.18. The van der Waals surface area contributed by atoms with Crippen molar-refractivity contribution < 1.29 is 19.0 Å². The Bertz CT molecular complexity index is 480. The van der Waals surface area contributed by atoms with Gasteiger partial charge in [-0.25, -0.2) is 4.79 Å². The third kappa shape index (κ3) is 5.17. The third-order valence-corrected chi connectivity index (χ3v) is 2.91. The van der Waals surface area contributed by atoms with E-state index in [-0.39, 0.29) is 6.04 Å². The van der Waals surface area contributed by atoms with E-state index in [0.717, 1.165) is 12.0 Å². The van der Waals surface area contributed by atoms with Crippen molar-refractivity contribution in [3.05, 3.63) is 23.8 Å². The van der Waals surface area contributed by atoms with Crippen molar-refractivity contribution in [2.75, 3.05) is 14.2 Å². The number of ether oxygens (including phenoxy) is 3. The smallest absolute Gasteiger partial charge is 0.408 e. The lowest BCUT2D eigenvalue weighted by Crippen LogP contribution is -2.34.